The smallest absolute Gasteiger partial charge is 0.356 e. The molecule has 0 unspecified atom stereocenters. The van der Waals surface area contributed by atoms with Crippen LogP contribution in [0.5, 0.6) is 0 Å². The van der Waals surface area contributed by atoms with E-state index in [4.69, 9.17) is 4.74 Å². The second kappa shape index (κ2) is 4.60. The third-order valence-corrected chi connectivity index (χ3v) is 1.42. The van der Waals surface area contributed by atoms with Gasteiger partial charge in [0.2, 0.25) is 0 Å². The normalized spacial score (nSPS) is 10.1. The summed E-state index contributed by atoms with van der Waals surface area (Å²) >= 11 is 0. The molecule has 1 rings (SSSR count). The first-order valence-electron chi connectivity index (χ1n) is 4.28. The number of carbonyl (C=O) groups is 1. The zero-order valence-corrected chi connectivity index (χ0v) is 7.86. The molecule has 70 valence electrons. The maximum atomic E-state index is 11.3. The van der Waals surface area contributed by atoms with Gasteiger partial charge in [0, 0.05) is 6.20 Å². The Kier molecular flexibility index (Phi) is 3.43. The summed E-state index contributed by atoms with van der Waals surface area (Å²) in [4.78, 5) is 15.1. The van der Waals surface area contributed by atoms with Crippen LogP contribution in [0.3, 0.4) is 0 Å². The van der Waals surface area contributed by atoms with E-state index in [1.165, 1.54) is 0 Å². The van der Waals surface area contributed by atoms with Gasteiger partial charge in [0.1, 0.15) is 5.69 Å². The van der Waals surface area contributed by atoms with Crippen molar-refractivity contribution < 1.29 is 9.53 Å². The van der Waals surface area contributed by atoms with Crippen molar-refractivity contribution >= 4 is 5.97 Å². The number of carbonyl (C=O) groups excluding carboxylic acids is 1. The first-order valence-corrected chi connectivity index (χ1v) is 4.28. The average molecular weight is 179 g/mol. The molecule has 1 heterocycles. The molecule has 0 amide bonds. The molecule has 0 saturated heterocycles. The van der Waals surface area contributed by atoms with E-state index in [0.29, 0.717) is 18.2 Å². The largest absolute Gasteiger partial charge is 0.461 e. The van der Waals surface area contributed by atoms with Crippen molar-refractivity contribution in [1.82, 2.24) is 4.98 Å². The Morgan fingerprint density at radius 2 is 2.31 bits per heavy atom. The summed E-state index contributed by atoms with van der Waals surface area (Å²) in [6, 6.07) is 5.17. The van der Waals surface area contributed by atoms with E-state index >= 15 is 0 Å². The van der Waals surface area contributed by atoms with E-state index in [0.717, 1.165) is 0 Å². The Hall–Kier alpha value is -1.38. The number of hydrogen-bond donors (Lipinski definition) is 0. The van der Waals surface area contributed by atoms with E-state index < -0.39 is 0 Å². The summed E-state index contributed by atoms with van der Waals surface area (Å²) in [5, 5.41) is 0. The molecule has 0 fully saturated rings. The van der Waals surface area contributed by atoms with Gasteiger partial charge < -0.3 is 4.74 Å². The fourth-order valence-electron chi connectivity index (χ4n) is 0.800. The highest BCUT2D eigenvalue weighted by Crippen LogP contribution is 1.99. The molecule has 0 N–H and O–H groups in total. The molecule has 1 aromatic rings. The molecule has 13 heavy (non-hydrogen) atoms. The third kappa shape index (κ3) is 3.23. The summed E-state index contributed by atoms with van der Waals surface area (Å²) in [6.07, 6.45) is 1.58. The predicted molar refractivity (Wildman–Crippen MR) is 49.4 cm³/mol. The van der Waals surface area contributed by atoms with Crippen LogP contribution in [0.4, 0.5) is 0 Å². The van der Waals surface area contributed by atoms with Gasteiger partial charge in [0.25, 0.3) is 0 Å². The molecule has 0 atom stereocenters. The van der Waals surface area contributed by atoms with E-state index in [1.54, 1.807) is 24.4 Å². The second-order valence-corrected chi connectivity index (χ2v) is 3.21. The van der Waals surface area contributed by atoms with Gasteiger partial charge in [0.15, 0.2) is 0 Å². The number of rotatable bonds is 3. The Morgan fingerprint density at radius 3 is 2.85 bits per heavy atom. The number of hydrogen-bond acceptors (Lipinski definition) is 3. The fourth-order valence-corrected chi connectivity index (χ4v) is 0.800. The van der Waals surface area contributed by atoms with Crippen LogP contribution >= 0.6 is 0 Å². The molecule has 0 spiro atoms. The molecule has 0 radical (unpaired) electrons. The van der Waals surface area contributed by atoms with E-state index in [2.05, 4.69) is 4.98 Å². The Morgan fingerprint density at radius 1 is 1.54 bits per heavy atom. The molecule has 0 aliphatic carbocycles. The van der Waals surface area contributed by atoms with Crippen molar-refractivity contribution in [3.63, 3.8) is 0 Å². The minimum absolute atomic E-state index is 0.352. The van der Waals surface area contributed by atoms with Crippen molar-refractivity contribution in [2.75, 3.05) is 6.61 Å². The van der Waals surface area contributed by atoms with Crippen molar-refractivity contribution in [1.29, 1.82) is 0 Å². The fraction of sp³-hybridized carbons (Fsp3) is 0.400. The van der Waals surface area contributed by atoms with Crippen LogP contribution in [0.1, 0.15) is 24.3 Å². The molecule has 1 aromatic heterocycles. The summed E-state index contributed by atoms with van der Waals surface area (Å²) < 4.78 is 4.99. The van der Waals surface area contributed by atoms with Crippen LogP contribution in [0.2, 0.25) is 0 Å². The second-order valence-electron chi connectivity index (χ2n) is 3.21. The maximum Gasteiger partial charge on any atom is 0.356 e. The number of nitrogens with zero attached hydrogens (tertiary/aromatic N) is 1. The van der Waals surface area contributed by atoms with E-state index in [9.17, 15) is 4.79 Å². The molecular formula is C10H13NO2. The van der Waals surface area contributed by atoms with Crippen LogP contribution < -0.4 is 0 Å². The van der Waals surface area contributed by atoms with Crippen molar-refractivity contribution in [3.8, 4) is 0 Å². The van der Waals surface area contributed by atoms with Gasteiger partial charge in [-0.15, -0.1) is 0 Å². The molecule has 0 aliphatic rings. The van der Waals surface area contributed by atoms with Crippen LogP contribution in [0.15, 0.2) is 24.4 Å². The van der Waals surface area contributed by atoms with Crippen molar-refractivity contribution in [2.24, 2.45) is 5.92 Å². The monoisotopic (exact) mass is 179 g/mol. The van der Waals surface area contributed by atoms with Gasteiger partial charge in [0.05, 0.1) is 6.61 Å². The minimum Gasteiger partial charge on any atom is -0.461 e. The summed E-state index contributed by atoms with van der Waals surface area (Å²) in [5.74, 6) is 0.00182. The lowest BCUT2D eigenvalue weighted by molar-refractivity contribution is 0.0452. The zero-order chi connectivity index (χ0) is 9.68. The summed E-state index contributed by atoms with van der Waals surface area (Å²) in [5.41, 5.74) is 0.364. The molecule has 0 bridgehead atoms. The SMILES string of the molecule is CC(C)COC(=O)c1ccccn1. The Balaban J connectivity index is 2.50. The van der Waals surface area contributed by atoms with Crippen LogP contribution in [-0.2, 0) is 4.74 Å². The summed E-state index contributed by atoms with van der Waals surface area (Å²) in [6.45, 7) is 4.42. The van der Waals surface area contributed by atoms with Gasteiger partial charge in [-0.25, -0.2) is 9.78 Å². The van der Waals surface area contributed by atoms with Crippen molar-refractivity contribution in [2.45, 2.75) is 13.8 Å². The van der Waals surface area contributed by atoms with Gasteiger partial charge in [-0.2, -0.15) is 0 Å². The van der Waals surface area contributed by atoms with E-state index in [1.807, 2.05) is 13.8 Å². The first-order chi connectivity index (χ1) is 6.20. The van der Waals surface area contributed by atoms with Gasteiger partial charge >= 0.3 is 5.97 Å². The number of ether oxygens (including phenoxy) is 1. The highest BCUT2D eigenvalue weighted by molar-refractivity contribution is 5.87. The van der Waals surface area contributed by atoms with Gasteiger partial charge in [-0.05, 0) is 18.1 Å². The molecule has 3 heteroatoms. The lowest BCUT2D eigenvalue weighted by Gasteiger charge is -2.05. The molecule has 0 aliphatic heterocycles. The Labute approximate surface area is 77.8 Å². The van der Waals surface area contributed by atoms with E-state index in [-0.39, 0.29) is 5.97 Å². The van der Waals surface area contributed by atoms with Gasteiger partial charge in [-0.3, -0.25) is 0 Å². The molecular weight excluding hydrogens is 166 g/mol. The highest BCUT2D eigenvalue weighted by atomic mass is 16.5. The minimum atomic E-state index is -0.352. The summed E-state index contributed by atoms with van der Waals surface area (Å²) in [7, 11) is 0. The van der Waals surface area contributed by atoms with Crippen LogP contribution in [-0.4, -0.2) is 17.6 Å². The maximum absolute atomic E-state index is 11.3. The topological polar surface area (TPSA) is 39.2 Å². The quantitative estimate of drug-likeness (QED) is 0.665. The van der Waals surface area contributed by atoms with Crippen LogP contribution in [0.25, 0.3) is 0 Å². The molecule has 0 aromatic carbocycles. The van der Waals surface area contributed by atoms with Crippen LogP contribution in [0, 0.1) is 5.92 Å². The highest BCUT2D eigenvalue weighted by Gasteiger charge is 2.07. The lowest BCUT2D eigenvalue weighted by Crippen LogP contribution is -2.11. The average Bonchev–Trinajstić information content (AvgIpc) is 2.15. The lowest BCUT2D eigenvalue weighted by atomic mass is 10.2. The molecule has 3 nitrogen and oxygen atoms in total. The van der Waals surface area contributed by atoms with Gasteiger partial charge in [-0.1, -0.05) is 19.9 Å². The Bertz CT molecular complexity index is 270. The number of pyridine rings is 1. The standard InChI is InChI=1S/C10H13NO2/c1-8(2)7-13-10(12)9-5-3-4-6-11-9/h3-6,8H,7H2,1-2H3. The first kappa shape index (κ1) is 9.71. The zero-order valence-electron chi connectivity index (χ0n) is 7.86. The number of esters is 1. The number of aromatic nitrogens is 1. The third-order valence-electron chi connectivity index (χ3n) is 1.42. The molecule has 0 saturated carbocycles. The predicted octanol–water partition coefficient (Wildman–Crippen LogP) is 1.89. The van der Waals surface area contributed by atoms with Crippen molar-refractivity contribution in [3.05, 3.63) is 30.1 Å².